The van der Waals surface area contributed by atoms with Crippen molar-refractivity contribution < 1.29 is 24.0 Å². The molecule has 3 aromatic rings. The maximum absolute atomic E-state index is 14.1. The highest BCUT2D eigenvalue weighted by molar-refractivity contribution is 7.59. The predicted octanol–water partition coefficient (Wildman–Crippen LogP) is 4.56. The molecule has 47 heavy (non-hydrogen) atoms. The molecule has 0 radical (unpaired) electrons. The van der Waals surface area contributed by atoms with Crippen molar-refractivity contribution in [2.24, 2.45) is 5.92 Å². The zero-order chi connectivity index (χ0) is 34.1. The highest BCUT2D eigenvalue weighted by Gasteiger charge is 2.45. The van der Waals surface area contributed by atoms with Crippen LogP contribution in [-0.2, 0) is 14.1 Å². The van der Waals surface area contributed by atoms with Crippen molar-refractivity contribution >= 4 is 47.7 Å². The van der Waals surface area contributed by atoms with E-state index in [0.717, 1.165) is 31.4 Å². The first-order valence-corrected chi connectivity index (χ1v) is 17.9. The van der Waals surface area contributed by atoms with E-state index in [-0.39, 0.29) is 35.2 Å². The number of hydrogen-bond acceptors (Lipinski definition) is 10. The van der Waals surface area contributed by atoms with E-state index in [9.17, 15) is 24.1 Å². The molecule has 254 valence electrons. The van der Waals surface area contributed by atoms with Crippen LogP contribution in [0.25, 0.3) is 11.0 Å². The molecule has 14 nitrogen and oxygen atoms in total. The smallest absolute Gasteiger partial charge is 0.324 e. The zero-order valence-electron chi connectivity index (χ0n) is 27.9. The number of aliphatic carboxylic acids is 1. The fourth-order valence-electron chi connectivity index (χ4n) is 6.49. The van der Waals surface area contributed by atoms with Gasteiger partial charge >= 0.3 is 5.97 Å². The van der Waals surface area contributed by atoms with E-state index in [1.165, 1.54) is 14.0 Å². The lowest BCUT2D eigenvalue weighted by molar-refractivity contribution is -0.145. The number of aryl methyl sites for hydroxylation is 1. The average Bonchev–Trinajstić information content (AvgIpc) is 3.56. The Labute approximate surface area is 274 Å². The Morgan fingerprint density at radius 2 is 1.81 bits per heavy atom. The Kier molecular flexibility index (Phi) is 10.2. The fraction of sp³-hybridized carbons (Fsp3) is 0.562. The largest absolute Gasteiger partial charge is 0.480 e. The third-order valence-electron chi connectivity index (χ3n) is 9.63. The van der Waals surface area contributed by atoms with E-state index in [1.807, 2.05) is 16.8 Å². The van der Waals surface area contributed by atoms with Gasteiger partial charge in [0.2, 0.25) is 13.4 Å². The van der Waals surface area contributed by atoms with E-state index in [1.54, 1.807) is 44.7 Å². The zero-order valence-corrected chi connectivity index (χ0v) is 28.8. The number of methoxy groups -OCH3 is 1. The Morgan fingerprint density at radius 3 is 2.36 bits per heavy atom. The molecule has 3 aromatic heterocycles. The van der Waals surface area contributed by atoms with Crippen LogP contribution in [0.5, 0.6) is 0 Å². The van der Waals surface area contributed by atoms with Crippen LogP contribution < -0.4 is 20.9 Å². The molecule has 1 saturated carbocycles. The van der Waals surface area contributed by atoms with Gasteiger partial charge in [-0.25, -0.2) is 19.7 Å². The number of anilines is 3. The van der Waals surface area contributed by atoms with Crippen molar-refractivity contribution in [3.63, 3.8) is 0 Å². The van der Waals surface area contributed by atoms with Crippen LogP contribution >= 0.6 is 7.44 Å². The number of carbonyl (C=O) groups excluding carboxylic acids is 1. The second-order valence-electron chi connectivity index (χ2n) is 13.0. The monoisotopic (exact) mass is 668 g/mol. The molecule has 0 aromatic carbocycles. The minimum absolute atomic E-state index is 0.0135. The van der Waals surface area contributed by atoms with Gasteiger partial charge in [-0.1, -0.05) is 26.7 Å². The van der Waals surface area contributed by atoms with E-state index in [0.29, 0.717) is 54.5 Å². The standard InChI is InChI=1S/C32H45N8O6P/c1-20(2)32(5,30(43)44)37-47(45,19-46-6)39-15-13-38(14-16-39)24-11-12-26(33-17-24)35-31-34-18-25-21(3)27(22(4)41)29(42)40(28(25)36-31)23-9-7-8-10-23/h11-12,17-18,20,23H,7-10,13-16,19H2,1-6H3,(H,37,45)(H,43,44)(H,33,34,35,36). The normalized spacial score (nSPS) is 18.7. The molecule has 0 amide bonds. The number of pyridine rings is 2. The lowest BCUT2D eigenvalue weighted by Gasteiger charge is -2.43. The molecule has 2 fully saturated rings. The highest BCUT2D eigenvalue weighted by atomic mass is 31.2. The summed E-state index contributed by atoms with van der Waals surface area (Å²) in [5, 5.41) is 16.7. The first-order valence-electron chi connectivity index (χ1n) is 16.1. The number of hydrogen-bond donors (Lipinski definition) is 3. The fourth-order valence-corrected chi connectivity index (χ4v) is 9.12. The topological polar surface area (TPSA) is 172 Å². The third kappa shape index (κ3) is 6.83. The summed E-state index contributed by atoms with van der Waals surface area (Å²) < 4.78 is 22.8. The predicted molar refractivity (Wildman–Crippen MR) is 181 cm³/mol. The molecular formula is C32H45N8O6P. The summed E-state index contributed by atoms with van der Waals surface area (Å²) in [6.45, 7) is 10.3. The molecule has 5 rings (SSSR count). The van der Waals surface area contributed by atoms with Crippen LogP contribution in [0.15, 0.2) is 29.3 Å². The van der Waals surface area contributed by atoms with Gasteiger partial charge in [0, 0.05) is 50.9 Å². The highest BCUT2D eigenvalue weighted by Crippen LogP contribution is 2.49. The second-order valence-corrected chi connectivity index (χ2v) is 15.4. The first-order chi connectivity index (χ1) is 22.3. The van der Waals surface area contributed by atoms with E-state index in [4.69, 9.17) is 9.72 Å². The molecule has 3 N–H and O–H groups in total. The first kappa shape index (κ1) is 34.6. The van der Waals surface area contributed by atoms with E-state index < -0.39 is 19.0 Å². The van der Waals surface area contributed by atoms with Gasteiger partial charge in [0.25, 0.3) is 5.56 Å². The Bertz CT molecular complexity index is 1750. The molecule has 0 spiro atoms. The summed E-state index contributed by atoms with van der Waals surface area (Å²) in [6, 6.07) is 3.74. The number of nitrogens with one attached hydrogen (secondary N) is 2. The van der Waals surface area contributed by atoms with Crippen LogP contribution in [0.1, 0.15) is 75.3 Å². The summed E-state index contributed by atoms with van der Waals surface area (Å²) in [6.07, 6.45) is 7.06. The molecule has 2 atom stereocenters. The number of piperazine rings is 1. The van der Waals surface area contributed by atoms with Gasteiger partial charge in [0.1, 0.15) is 23.4 Å². The van der Waals surface area contributed by atoms with Crippen molar-refractivity contribution in [2.45, 2.75) is 71.9 Å². The number of carboxylic acids is 1. The van der Waals surface area contributed by atoms with Crippen molar-refractivity contribution in [1.82, 2.24) is 29.3 Å². The van der Waals surface area contributed by atoms with Crippen LogP contribution in [0, 0.1) is 12.8 Å². The number of rotatable bonds is 12. The second kappa shape index (κ2) is 13.8. The SMILES string of the molecule is COCP(=O)(NC(C)(C(=O)O)C(C)C)N1CCN(c2ccc(Nc3ncc4c(C)c(C(C)=O)c(=O)n(C5CCCC5)c4n3)nc2)CC1. The van der Waals surface area contributed by atoms with E-state index in [2.05, 4.69) is 25.3 Å². The molecule has 1 aliphatic carbocycles. The lowest BCUT2D eigenvalue weighted by Crippen LogP contribution is -2.56. The number of ketones is 1. The number of carbonyl (C=O) groups is 2. The van der Waals surface area contributed by atoms with Crippen molar-refractivity contribution in [1.29, 1.82) is 0 Å². The van der Waals surface area contributed by atoms with Crippen molar-refractivity contribution in [2.75, 3.05) is 49.9 Å². The average molecular weight is 669 g/mol. The van der Waals surface area contributed by atoms with Gasteiger partial charge in [0.05, 0.1) is 17.4 Å². The molecule has 2 aliphatic rings. The Balaban J connectivity index is 1.31. The minimum atomic E-state index is -3.36. The lowest BCUT2D eigenvalue weighted by atomic mass is 9.90. The van der Waals surface area contributed by atoms with Crippen LogP contribution in [0.4, 0.5) is 17.5 Å². The summed E-state index contributed by atoms with van der Waals surface area (Å²) in [5.74, 6) is -0.804. The van der Waals surface area contributed by atoms with E-state index >= 15 is 0 Å². The molecule has 1 saturated heterocycles. The Morgan fingerprint density at radius 1 is 1.13 bits per heavy atom. The molecular weight excluding hydrogens is 623 g/mol. The van der Waals surface area contributed by atoms with Gasteiger partial charge in [-0.2, -0.15) is 4.98 Å². The van der Waals surface area contributed by atoms with Gasteiger partial charge < -0.3 is 20.1 Å². The van der Waals surface area contributed by atoms with Crippen LogP contribution in [0.3, 0.4) is 0 Å². The molecule has 15 heteroatoms. The summed E-state index contributed by atoms with van der Waals surface area (Å²) in [5.41, 5.74) is 0.492. The van der Waals surface area contributed by atoms with Gasteiger partial charge in [-0.15, -0.1) is 0 Å². The quantitative estimate of drug-likeness (QED) is 0.181. The molecule has 2 unspecified atom stereocenters. The maximum atomic E-state index is 14.1. The number of nitrogens with zero attached hydrogens (tertiary/aromatic N) is 6. The molecule has 1 aliphatic heterocycles. The number of Topliss-reactive ketones (excluding diaryl/α,β-unsaturated/α-hetero) is 1. The minimum Gasteiger partial charge on any atom is -0.480 e. The Hall–Kier alpha value is -3.71. The summed E-state index contributed by atoms with van der Waals surface area (Å²) in [4.78, 5) is 53.9. The number of carboxylic acid groups (broad SMARTS) is 1. The van der Waals surface area contributed by atoms with Gasteiger partial charge in [-0.05, 0) is 57.2 Å². The van der Waals surface area contributed by atoms with Crippen molar-refractivity contribution in [3.05, 3.63) is 46.0 Å². The summed E-state index contributed by atoms with van der Waals surface area (Å²) >= 11 is 0. The molecule has 0 bridgehead atoms. The van der Waals surface area contributed by atoms with Crippen LogP contribution in [0.2, 0.25) is 0 Å². The number of ether oxygens (including phenoxy) is 1. The maximum Gasteiger partial charge on any atom is 0.324 e. The van der Waals surface area contributed by atoms with Crippen LogP contribution in [-0.4, -0.2) is 86.2 Å². The number of fused-ring (bicyclic) bond motifs is 1. The van der Waals surface area contributed by atoms with Gasteiger partial charge in [0.15, 0.2) is 5.78 Å². The molecule has 4 heterocycles. The summed E-state index contributed by atoms with van der Waals surface area (Å²) in [7, 11) is -1.90. The third-order valence-corrected chi connectivity index (χ3v) is 12.4. The van der Waals surface area contributed by atoms with Crippen molar-refractivity contribution in [3.8, 4) is 0 Å². The number of aromatic nitrogens is 4. The van der Waals surface area contributed by atoms with Gasteiger partial charge in [-0.3, -0.25) is 23.5 Å².